The first-order valence-electron chi connectivity index (χ1n) is 6.37. The summed E-state index contributed by atoms with van der Waals surface area (Å²) in [5.74, 6) is 0.194. The van der Waals surface area contributed by atoms with Crippen LogP contribution in [0.5, 0.6) is 5.75 Å². The van der Waals surface area contributed by atoms with E-state index in [9.17, 15) is 0 Å². The van der Waals surface area contributed by atoms with Gasteiger partial charge >= 0.3 is 0 Å². The van der Waals surface area contributed by atoms with E-state index >= 15 is 0 Å². The number of nitrogens with zero attached hydrogens (tertiary/aromatic N) is 1. The normalized spacial score (nSPS) is 17.9. The van der Waals surface area contributed by atoms with Crippen LogP contribution in [0.25, 0.3) is 0 Å². The fourth-order valence-electron chi connectivity index (χ4n) is 1.63. The molecule has 0 atom stereocenters. The Morgan fingerprint density at radius 1 is 1.35 bits per heavy atom. The summed E-state index contributed by atoms with van der Waals surface area (Å²) in [4.78, 5) is 2.11. The Morgan fingerprint density at radius 2 is 2.06 bits per heavy atom. The number of hydrogen-bond acceptors (Lipinski definition) is 4. The van der Waals surface area contributed by atoms with Gasteiger partial charge in [-0.15, -0.1) is 24.8 Å². The number of rotatable bonds is 2. The smallest absolute Gasteiger partial charge is 0.143 e. The largest absolute Gasteiger partial charge is 0.495 e. The van der Waals surface area contributed by atoms with E-state index in [2.05, 4.69) is 4.90 Å². The molecule has 0 unspecified atom stereocenters. The summed E-state index contributed by atoms with van der Waals surface area (Å²) >= 11 is 0. The van der Waals surface area contributed by atoms with Crippen molar-refractivity contribution in [2.24, 2.45) is 0 Å². The molecule has 0 aromatic heterocycles. The quantitative estimate of drug-likeness (QED) is 0.843. The molecular formula is C11H18Cl2N2O2. The maximum absolute atomic E-state index is 7.10. The minimum atomic E-state index is -2.49. The lowest BCUT2D eigenvalue weighted by Gasteiger charge is -2.29. The number of benzene rings is 1. The van der Waals surface area contributed by atoms with E-state index in [4.69, 9.17) is 19.3 Å². The van der Waals surface area contributed by atoms with Crippen LogP contribution in [0.1, 0.15) is 4.11 Å². The standard InChI is InChI=1S/C11H16N2O2.2ClH/c1-14-11-8-9(2-3-10(11)12)13-4-6-15-7-5-13;;/h2-3,8H,4-7,12H2,1H3;2*1H/i1D3;;. The summed E-state index contributed by atoms with van der Waals surface area (Å²) in [6.45, 7) is 2.88. The van der Waals surface area contributed by atoms with Crippen molar-refractivity contribution >= 4 is 36.2 Å². The topological polar surface area (TPSA) is 47.7 Å². The number of nitrogen functional groups attached to an aromatic ring is 1. The van der Waals surface area contributed by atoms with E-state index in [0.717, 1.165) is 18.8 Å². The molecule has 1 fully saturated rings. The maximum atomic E-state index is 7.10. The van der Waals surface area contributed by atoms with Gasteiger partial charge in [0.05, 0.1) is 30.1 Å². The molecule has 1 aliphatic heterocycles. The summed E-state index contributed by atoms with van der Waals surface area (Å²) in [5.41, 5.74) is 6.93. The molecule has 1 saturated heterocycles. The van der Waals surface area contributed by atoms with Crippen LogP contribution in [0.15, 0.2) is 18.2 Å². The average Bonchev–Trinajstić information content (AvgIpc) is 2.31. The third kappa shape index (κ3) is 3.84. The summed E-state index contributed by atoms with van der Waals surface area (Å²) in [7, 11) is -2.49. The fourth-order valence-corrected chi connectivity index (χ4v) is 1.63. The highest BCUT2D eigenvalue weighted by atomic mass is 35.5. The van der Waals surface area contributed by atoms with E-state index in [1.165, 1.54) is 0 Å². The van der Waals surface area contributed by atoms with Crippen LogP contribution < -0.4 is 15.4 Å². The van der Waals surface area contributed by atoms with Crippen LogP contribution in [-0.4, -0.2) is 33.3 Å². The van der Waals surface area contributed by atoms with E-state index < -0.39 is 7.04 Å². The van der Waals surface area contributed by atoms with Gasteiger partial charge in [-0.05, 0) is 12.1 Å². The molecule has 1 aliphatic rings. The summed E-state index contributed by atoms with van der Waals surface area (Å²) in [6, 6.07) is 5.17. The summed E-state index contributed by atoms with van der Waals surface area (Å²) in [5, 5.41) is 0. The monoisotopic (exact) mass is 283 g/mol. The number of methoxy groups -OCH3 is 1. The summed E-state index contributed by atoms with van der Waals surface area (Å²) in [6.07, 6.45) is 0. The van der Waals surface area contributed by atoms with Gasteiger partial charge in [0.1, 0.15) is 5.75 Å². The number of morpholine rings is 1. The molecule has 1 heterocycles. The highest BCUT2D eigenvalue weighted by Crippen LogP contribution is 2.27. The average molecular weight is 284 g/mol. The van der Waals surface area contributed by atoms with Crippen molar-refractivity contribution in [2.45, 2.75) is 0 Å². The molecule has 2 N–H and O–H groups in total. The van der Waals surface area contributed by atoms with Crippen molar-refractivity contribution in [1.82, 2.24) is 0 Å². The van der Waals surface area contributed by atoms with Crippen LogP contribution in [0, 0.1) is 0 Å². The molecule has 98 valence electrons. The number of nitrogens with two attached hydrogens (primary N) is 1. The van der Waals surface area contributed by atoms with Crippen LogP contribution in [0.2, 0.25) is 0 Å². The zero-order valence-electron chi connectivity index (χ0n) is 12.2. The molecule has 17 heavy (non-hydrogen) atoms. The minimum absolute atomic E-state index is 0. The minimum Gasteiger partial charge on any atom is -0.495 e. The predicted octanol–water partition coefficient (Wildman–Crippen LogP) is 1.96. The lowest BCUT2D eigenvalue weighted by molar-refractivity contribution is 0.122. The van der Waals surface area contributed by atoms with Crippen molar-refractivity contribution < 1.29 is 13.6 Å². The molecule has 4 nitrogen and oxygen atoms in total. The zero-order valence-corrected chi connectivity index (χ0v) is 10.9. The first-order valence-corrected chi connectivity index (χ1v) is 4.87. The molecule has 0 aliphatic carbocycles. The van der Waals surface area contributed by atoms with Crippen molar-refractivity contribution in [3.05, 3.63) is 18.2 Å². The third-order valence-corrected chi connectivity index (χ3v) is 2.48. The lowest BCUT2D eigenvalue weighted by atomic mass is 10.2. The number of ether oxygens (including phenoxy) is 2. The second kappa shape index (κ2) is 7.48. The van der Waals surface area contributed by atoms with Gasteiger partial charge < -0.3 is 20.1 Å². The van der Waals surface area contributed by atoms with Crippen molar-refractivity contribution in [1.29, 1.82) is 0 Å². The van der Waals surface area contributed by atoms with Gasteiger partial charge in [0.15, 0.2) is 0 Å². The van der Waals surface area contributed by atoms with Gasteiger partial charge in [0.2, 0.25) is 0 Å². The molecule has 0 bridgehead atoms. The Bertz CT molecular complexity index is 427. The maximum Gasteiger partial charge on any atom is 0.143 e. The number of hydrogen-bond donors (Lipinski definition) is 1. The van der Waals surface area contributed by atoms with Gasteiger partial charge in [0, 0.05) is 24.8 Å². The molecule has 0 radical (unpaired) electrons. The number of halogens is 2. The predicted molar refractivity (Wildman–Crippen MR) is 74.9 cm³/mol. The van der Waals surface area contributed by atoms with Gasteiger partial charge in [-0.25, -0.2) is 0 Å². The first kappa shape index (κ1) is 11.3. The molecule has 0 saturated carbocycles. The number of anilines is 2. The second-order valence-electron chi connectivity index (χ2n) is 3.42. The molecule has 6 heteroatoms. The van der Waals surface area contributed by atoms with E-state index in [1.807, 2.05) is 6.07 Å². The highest BCUT2D eigenvalue weighted by molar-refractivity contribution is 5.85. The highest BCUT2D eigenvalue weighted by Gasteiger charge is 2.12. The molecule has 0 spiro atoms. The van der Waals surface area contributed by atoms with E-state index in [-0.39, 0.29) is 30.6 Å². The Morgan fingerprint density at radius 3 is 2.71 bits per heavy atom. The Balaban J connectivity index is 0.00000180. The van der Waals surface area contributed by atoms with Crippen LogP contribution >= 0.6 is 24.8 Å². The van der Waals surface area contributed by atoms with Crippen molar-refractivity contribution in [2.75, 3.05) is 44.0 Å². The third-order valence-electron chi connectivity index (χ3n) is 2.48. The molecular weight excluding hydrogens is 263 g/mol. The first-order chi connectivity index (χ1) is 8.46. The van der Waals surface area contributed by atoms with E-state index in [0.29, 0.717) is 18.9 Å². The summed E-state index contributed by atoms with van der Waals surface area (Å²) < 4.78 is 31.5. The molecule has 0 amide bonds. The lowest BCUT2D eigenvalue weighted by Crippen LogP contribution is -2.36. The van der Waals surface area contributed by atoms with Gasteiger partial charge in [0.25, 0.3) is 0 Å². The Hall–Kier alpha value is -0.840. The fraction of sp³-hybridized carbons (Fsp3) is 0.455. The Kier molecular flexibility index (Phi) is 4.95. The molecule has 1 aromatic rings. The van der Waals surface area contributed by atoms with Crippen LogP contribution in [-0.2, 0) is 4.74 Å². The van der Waals surface area contributed by atoms with Crippen molar-refractivity contribution in [3.8, 4) is 5.75 Å². The van der Waals surface area contributed by atoms with Crippen LogP contribution in [0.3, 0.4) is 0 Å². The molecule has 2 rings (SSSR count). The Labute approximate surface area is 118 Å². The second-order valence-corrected chi connectivity index (χ2v) is 3.42. The molecule has 1 aromatic carbocycles. The van der Waals surface area contributed by atoms with Gasteiger partial charge in [-0.1, -0.05) is 0 Å². The SMILES string of the molecule is Cl.Cl.[2H]C([2H])([2H])Oc1cc(N2CCOCC2)ccc1N. The van der Waals surface area contributed by atoms with E-state index in [1.54, 1.807) is 12.1 Å². The van der Waals surface area contributed by atoms with Crippen molar-refractivity contribution in [3.63, 3.8) is 0 Å². The van der Waals surface area contributed by atoms with Crippen LogP contribution in [0.4, 0.5) is 11.4 Å². The zero-order chi connectivity index (χ0) is 13.2. The van der Waals surface area contributed by atoms with Gasteiger partial charge in [-0.3, -0.25) is 0 Å². The van der Waals surface area contributed by atoms with Gasteiger partial charge in [-0.2, -0.15) is 0 Å².